The van der Waals surface area contributed by atoms with Gasteiger partial charge in [0.05, 0.1) is 29.7 Å². The first kappa shape index (κ1) is 23.7. The molecule has 1 amide bonds. The molecule has 0 fully saturated rings. The molecule has 186 valence electrons. The SMILES string of the molecule is CC1Cn2cc(-c3nc(Nc4ccnn4C)ncc3Cl)nc2C(=O)N1Cc1ccnc(C(F)(F)F)n1. The Labute approximate surface area is 207 Å². The number of carbonyl (C=O) groups is 1. The number of carbonyl (C=O) groups excluding carboxylic acids is 1. The first-order valence-electron chi connectivity index (χ1n) is 10.7. The van der Waals surface area contributed by atoms with E-state index in [9.17, 15) is 18.0 Å². The largest absolute Gasteiger partial charge is 0.451 e. The van der Waals surface area contributed by atoms with Crippen molar-refractivity contribution in [1.29, 1.82) is 0 Å². The summed E-state index contributed by atoms with van der Waals surface area (Å²) in [7, 11) is 1.76. The molecule has 36 heavy (non-hydrogen) atoms. The van der Waals surface area contributed by atoms with Gasteiger partial charge in [0.1, 0.15) is 17.2 Å². The Balaban J connectivity index is 1.42. The van der Waals surface area contributed by atoms with E-state index < -0.39 is 17.9 Å². The van der Waals surface area contributed by atoms with Gasteiger partial charge in [-0.25, -0.2) is 24.9 Å². The van der Waals surface area contributed by atoms with Crippen LogP contribution in [0.2, 0.25) is 5.02 Å². The molecule has 1 atom stereocenters. The second-order valence-electron chi connectivity index (χ2n) is 8.11. The zero-order valence-corrected chi connectivity index (χ0v) is 19.7. The lowest BCUT2D eigenvalue weighted by Gasteiger charge is -2.33. The minimum atomic E-state index is -4.68. The van der Waals surface area contributed by atoms with Crippen molar-refractivity contribution in [2.45, 2.75) is 32.2 Å². The summed E-state index contributed by atoms with van der Waals surface area (Å²) in [6.07, 6.45) is 1.05. The third kappa shape index (κ3) is 4.46. The molecule has 0 spiro atoms. The summed E-state index contributed by atoms with van der Waals surface area (Å²) in [5, 5.41) is 7.34. The van der Waals surface area contributed by atoms with E-state index >= 15 is 0 Å². The lowest BCUT2D eigenvalue weighted by molar-refractivity contribution is -0.145. The molecule has 0 saturated carbocycles. The zero-order chi connectivity index (χ0) is 25.6. The minimum absolute atomic E-state index is 0.0717. The van der Waals surface area contributed by atoms with Gasteiger partial charge in [0.25, 0.3) is 5.91 Å². The predicted octanol–water partition coefficient (Wildman–Crippen LogP) is 3.32. The van der Waals surface area contributed by atoms with Gasteiger partial charge in [-0.05, 0) is 13.0 Å². The zero-order valence-electron chi connectivity index (χ0n) is 18.9. The maximum atomic E-state index is 13.2. The lowest BCUT2D eigenvalue weighted by atomic mass is 10.2. The highest BCUT2D eigenvalue weighted by molar-refractivity contribution is 6.32. The van der Waals surface area contributed by atoms with Gasteiger partial charge in [0, 0.05) is 38.1 Å². The molecule has 15 heteroatoms. The van der Waals surface area contributed by atoms with Crippen molar-refractivity contribution >= 4 is 29.3 Å². The number of halogens is 4. The Hall–Kier alpha value is -4.07. The van der Waals surface area contributed by atoms with Crippen molar-refractivity contribution in [3.8, 4) is 11.4 Å². The van der Waals surface area contributed by atoms with Crippen molar-refractivity contribution in [2.24, 2.45) is 7.05 Å². The predicted molar refractivity (Wildman–Crippen MR) is 121 cm³/mol. The number of hydrogen-bond acceptors (Lipinski definition) is 8. The van der Waals surface area contributed by atoms with E-state index in [1.165, 1.54) is 17.2 Å². The molecule has 1 aliphatic rings. The molecular formula is C21H18ClF3N10O. The molecule has 0 bridgehead atoms. The highest BCUT2D eigenvalue weighted by Crippen LogP contribution is 2.30. The summed E-state index contributed by atoms with van der Waals surface area (Å²) in [6, 6.07) is 2.76. The van der Waals surface area contributed by atoms with Gasteiger partial charge in [-0.3, -0.25) is 9.48 Å². The van der Waals surface area contributed by atoms with Gasteiger partial charge >= 0.3 is 6.18 Å². The molecule has 0 radical (unpaired) electrons. The Morgan fingerprint density at radius 3 is 2.69 bits per heavy atom. The van der Waals surface area contributed by atoms with Crippen LogP contribution in [-0.2, 0) is 26.3 Å². The van der Waals surface area contributed by atoms with E-state index in [1.807, 2.05) is 0 Å². The fourth-order valence-corrected chi connectivity index (χ4v) is 3.98. The second kappa shape index (κ2) is 8.86. The molecule has 1 aliphatic heterocycles. The Kier molecular flexibility index (Phi) is 5.82. The summed E-state index contributed by atoms with van der Waals surface area (Å²) < 4.78 is 42.3. The average molecular weight is 519 g/mol. The fourth-order valence-electron chi connectivity index (χ4n) is 3.79. The van der Waals surface area contributed by atoms with E-state index in [-0.39, 0.29) is 35.1 Å². The number of nitrogens with zero attached hydrogens (tertiary/aromatic N) is 9. The number of anilines is 2. The van der Waals surface area contributed by atoms with Crippen molar-refractivity contribution in [1.82, 2.24) is 44.2 Å². The number of amides is 1. The van der Waals surface area contributed by atoms with Crippen LogP contribution in [0.5, 0.6) is 0 Å². The van der Waals surface area contributed by atoms with Crippen LogP contribution in [0.1, 0.15) is 29.1 Å². The van der Waals surface area contributed by atoms with E-state index in [4.69, 9.17) is 11.6 Å². The van der Waals surface area contributed by atoms with Crippen LogP contribution < -0.4 is 5.32 Å². The first-order valence-corrected chi connectivity index (χ1v) is 11.0. The monoisotopic (exact) mass is 518 g/mol. The molecule has 4 aromatic rings. The van der Waals surface area contributed by atoms with Gasteiger partial charge < -0.3 is 14.8 Å². The summed E-state index contributed by atoms with van der Waals surface area (Å²) in [5.41, 5.74) is 0.743. The van der Waals surface area contributed by atoms with E-state index in [0.29, 0.717) is 23.8 Å². The molecule has 0 aromatic carbocycles. The number of imidazole rings is 1. The standard InChI is InChI=1S/C21H18ClF3N10O/c1-11-8-34-10-14(16-13(22)7-27-20(32-16)31-15-4-6-28-33(15)2)30-17(34)18(36)35(11)9-12-3-5-26-19(29-12)21(23,24)25/h3-7,10-11H,8-9H2,1-2H3,(H,27,31,32). The van der Waals surface area contributed by atoms with E-state index in [1.54, 1.807) is 41.7 Å². The summed E-state index contributed by atoms with van der Waals surface area (Å²) in [4.78, 5) is 34.6. The number of nitrogens with one attached hydrogen (secondary N) is 1. The van der Waals surface area contributed by atoms with Gasteiger partial charge in [0.2, 0.25) is 11.8 Å². The summed E-state index contributed by atoms with van der Waals surface area (Å²) in [5.74, 6) is -0.676. The van der Waals surface area contributed by atoms with Crippen molar-refractivity contribution in [3.63, 3.8) is 0 Å². The van der Waals surface area contributed by atoms with Crippen molar-refractivity contribution in [2.75, 3.05) is 5.32 Å². The molecule has 1 N–H and O–H groups in total. The van der Waals surface area contributed by atoms with Crippen LogP contribution in [0.3, 0.4) is 0 Å². The maximum absolute atomic E-state index is 13.2. The van der Waals surface area contributed by atoms with Crippen LogP contribution in [0.15, 0.2) is 36.9 Å². The Morgan fingerprint density at radius 1 is 1.17 bits per heavy atom. The molecule has 0 aliphatic carbocycles. The first-order chi connectivity index (χ1) is 17.1. The van der Waals surface area contributed by atoms with Gasteiger partial charge in [-0.2, -0.15) is 18.3 Å². The lowest BCUT2D eigenvalue weighted by Crippen LogP contribution is -2.46. The maximum Gasteiger partial charge on any atom is 0.451 e. The number of fused-ring (bicyclic) bond motifs is 1. The van der Waals surface area contributed by atoms with Gasteiger partial charge in [-0.15, -0.1) is 0 Å². The number of rotatable bonds is 5. The molecule has 5 rings (SSSR count). The highest BCUT2D eigenvalue weighted by Gasteiger charge is 2.36. The number of aromatic nitrogens is 8. The van der Waals surface area contributed by atoms with Gasteiger partial charge in [0.15, 0.2) is 5.82 Å². The molecular weight excluding hydrogens is 501 g/mol. The van der Waals surface area contributed by atoms with Crippen LogP contribution >= 0.6 is 11.6 Å². The molecule has 5 heterocycles. The third-order valence-corrected chi connectivity index (χ3v) is 5.84. The van der Waals surface area contributed by atoms with Crippen LogP contribution in [0.25, 0.3) is 11.4 Å². The number of alkyl halides is 3. The van der Waals surface area contributed by atoms with Crippen molar-refractivity contribution in [3.05, 3.63) is 59.3 Å². The number of hydrogen-bond donors (Lipinski definition) is 1. The van der Waals surface area contributed by atoms with E-state index in [0.717, 1.165) is 6.20 Å². The average Bonchev–Trinajstić information content (AvgIpc) is 3.43. The molecule has 0 saturated heterocycles. The van der Waals surface area contributed by atoms with Crippen molar-refractivity contribution < 1.29 is 18.0 Å². The molecule has 1 unspecified atom stereocenters. The van der Waals surface area contributed by atoms with E-state index in [2.05, 4.69) is 35.3 Å². The van der Waals surface area contributed by atoms with Crippen LogP contribution in [0.4, 0.5) is 24.9 Å². The third-order valence-electron chi connectivity index (χ3n) is 5.57. The molecule has 4 aromatic heterocycles. The summed E-state index contributed by atoms with van der Waals surface area (Å²) in [6.45, 7) is 2.04. The smallest absolute Gasteiger partial charge is 0.326 e. The highest BCUT2D eigenvalue weighted by atomic mass is 35.5. The second-order valence-corrected chi connectivity index (χ2v) is 8.52. The summed E-state index contributed by atoms with van der Waals surface area (Å²) >= 11 is 6.34. The minimum Gasteiger partial charge on any atom is -0.326 e. The molecule has 11 nitrogen and oxygen atoms in total. The topological polar surface area (TPSA) is 120 Å². The van der Waals surface area contributed by atoms with Crippen LogP contribution in [0, 0.1) is 0 Å². The number of aryl methyl sites for hydroxylation is 1. The van der Waals surface area contributed by atoms with Gasteiger partial charge in [-0.1, -0.05) is 11.6 Å². The fraction of sp³-hybridized carbons (Fsp3) is 0.286. The normalized spacial score (nSPS) is 15.8. The van der Waals surface area contributed by atoms with Crippen LogP contribution in [-0.4, -0.2) is 56.1 Å². The quantitative estimate of drug-likeness (QED) is 0.427. The Bertz CT molecular complexity index is 1450. The Morgan fingerprint density at radius 2 is 1.97 bits per heavy atom.